The Balaban J connectivity index is 1.58. The fourth-order valence-corrected chi connectivity index (χ4v) is 3.06. The minimum atomic E-state index is -0.131. The Morgan fingerprint density at radius 3 is 3.05 bits per heavy atom. The summed E-state index contributed by atoms with van der Waals surface area (Å²) in [6, 6.07) is 1.66. The van der Waals surface area contributed by atoms with Gasteiger partial charge in [-0.3, -0.25) is 4.79 Å². The number of thiophene rings is 1. The molecule has 1 aromatic heterocycles. The second-order valence-electron chi connectivity index (χ2n) is 5.46. The molecule has 0 unspecified atom stereocenters. The van der Waals surface area contributed by atoms with Crippen LogP contribution >= 0.6 is 11.3 Å². The van der Waals surface area contributed by atoms with E-state index in [1.165, 1.54) is 24.2 Å². The fraction of sp³-hybridized carbons (Fsp3) is 0.643. The summed E-state index contributed by atoms with van der Waals surface area (Å²) in [5, 5.41) is 4.82. The van der Waals surface area contributed by atoms with Gasteiger partial charge < -0.3 is 20.5 Å². The number of anilines is 1. The average molecular weight is 296 g/mol. The lowest BCUT2D eigenvalue weighted by Gasteiger charge is -2.32. The highest BCUT2D eigenvalue weighted by Gasteiger charge is 2.31. The molecule has 1 saturated heterocycles. The Bertz CT molecular complexity index is 473. The van der Waals surface area contributed by atoms with Crippen molar-refractivity contribution in [3.8, 4) is 0 Å². The lowest BCUT2D eigenvalue weighted by Crippen LogP contribution is -2.50. The first kappa shape index (κ1) is 13.9. The van der Waals surface area contributed by atoms with Gasteiger partial charge in [0.2, 0.25) is 0 Å². The van der Waals surface area contributed by atoms with Gasteiger partial charge in [-0.2, -0.15) is 0 Å². The summed E-state index contributed by atoms with van der Waals surface area (Å²) >= 11 is 1.36. The van der Waals surface area contributed by atoms with E-state index in [-0.39, 0.29) is 18.1 Å². The second kappa shape index (κ2) is 6.11. The van der Waals surface area contributed by atoms with E-state index in [0.29, 0.717) is 23.8 Å². The Hall–Kier alpha value is -1.11. The second-order valence-corrected chi connectivity index (χ2v) is 6.38. The maximum atomic E-state index is 12.2. The van der Waals surface area contributed by atoms with E-state index in [1.54, 1.807) is 6.07 Å². The fourth-order valence-electron chi connectivity index (χ4n) is 2.33. The van der Waals surface area contributed by atoms with Crippen molar-refractivity contribution in [3.05, 3.63) is 16.3 Å². The third-order valence-corrected chi connectivity index (χ3v) is 4.68. The molecule has 3 rings (SSSR count). The zero-order valence-corrected chi connectivity index (χ0v) is 12.2. The van der Waals surface area contributed by atoms with Crippen LogP contribution in [0.25, 0.3) is 0 Å². The Morgan fingerprint density at radius 2 is 2.35 bits per heavy atom. The number of hydrogen-bond donors (Lipinski definition) is 2. The molecule has 20 heavy (non-hydrogen) atoms. The molecule has 1 saturated carbocycles. The van der Waals surface area contributed by atoms with Crippen LogP contribution in [0.2, 0.25) is 0 Å². The number of carbonyl (C=O) groups excluding carboxylic acids is 1. The standard InChI is InChI=1S/C14H20N2O3S/c15-10-4-6-20-13(10)14(17)16-11-8-18-5-3-12(11)19-7-9-1-2-9/h4,6,9,11-12H,1-3,5,7-8,15H2,(H,16,17)/t11-,12+/m1/s1. The molecule has 6 heteroatoms. The third kappa shape index (κ3) is 3.31. The molecule has 0 radical (unpaired) electrons. The van der Waals surface area contributed by atoms with Crippen molar-refractivity contribution < 1.29 is 14.3 Å². The number of hydrogen-bond acceptors (Lipinski definition) is 5. The summed E-state index contributed by atoms with van der Waals surface area (Å²) in [6.07, 6.45) is 3.42. The van der Waals surface area contributed by atoms with E-state index in [4.69, 9.17) is 15.2 Å². The molecule has 0 spiro atoms. The summed E-state index contributed by atoms with van der Waals surface area (Å²) in [6.45, 7) is 2.01. The van der Waals surface area contributed by atoms with Gasteiger partial charge in [-0.25, -0.2) is 0 Å². The maximum absolute atomic E-state index is 12.2. The summed E-state index contributed by atoms with van der Waals surface area (Å²) in [5.74, 6) is 0.593. The van der Waals surface area contributed by atoms with Crippen LogP contribution in [0.1, 0.15) is 28.9 Å². The molecular formula is C14H20N2O3S. The van der Waals surface area contributed by atoms with E-state index in [9.17, 15) is 4.79 Å². The maximum Gasteiger partial charge on any atom is 0.263 e. The van der Waals surface area contributed by atoms with Gasteiger partial charge in [-0.1, -0.05) is 0 Å². The van der Waals surface area contributed by atoms with E-state index >= 15 is 0 Å². The van der Waals surface area contributed by atoms with Crippen molar-refractivity contribution in [2.24, 2.45) is 5.92 Å². The number of ether oxygens (including phenoxy) is 2. The van der Waals surface area contributed by atoms with E-state index < -0.39 is 0 Å². The topological polar surface area (TPSA) is 73.6 Å². The predicted octanol–water partition coefficient (Wildman–Crippen LogP) is 1.64. The van der Waals surface area contributed by atoms with Gasteiger partial charge in [0.05, 0.1) is 24.4 Å². The van der Waals surface area contributed by atoms with Gasteiger partial charge in [0, 0.05) is 13.2 Å². The number of amides is 1. The average Bonchev–Trinajstić information content (AvgIpc) is 3.18. The molecule has 0 bridgehead atoms. The Kier molecular flexibility index (Phi) is 4.24. The number of nitrogens with two attached hydrogens (primary N) is 1. The SMILES string of the molecule is Nc1ccsc1C(=O)N[C@@H]1COCC[C@@H]1OCC1CC1. The smallest absolute Gasteiger partial charge is 0.263 e. The van der Waals surface area contributed by atoms with Crippen LogP contribution in [0.5, 0.6) is 0 Å². The van der Waals surface area contributed by atoms with Gasteiger partial charge in [-0.15, -0.1) is 11.3 Å². The van der Waals surface area contributed by atoms with Gasteiger partial charge in [0.25, 0.3) is 5.91 Å². The van der Waals surface area contributed by atoms with Crippen molar-refractivity contribution in [2.75, 3.05) is 25.6 Å². The van der Waals surface area contributed by atoms with Crippen molar-refractivity contribution >= 4 is 22.9 Å². The van der Waals surface area contributed by atoms with Crippen LogP contribution in [0.15, 0.2) is 11.4 Å². The Labute approximate surface area is 122 Å². The van der Waals surface area contributed by atoms with E-state index in [0.717, 1.165) is 18.9 Å². The summed E-state index contributed by atoms with van der Waals surface area (Å²) in [4.78, 5) is 12.8. The summed E-state index contributed by atoms with van der Waals surface area (Å²) in [5.41, 5.74) is 6.30. The highest BCUT2D eigenvalue weighted by atomic mass is 32.1. The molecule has 1 aliphatic heterocycles. The first-order chi connectivity index (χ1) is 9.74. The number of rotatable bonds is 5. The summed E-state index contributed by atoms with van der Waals surface area (Å²) < 4.78 is 11.4. The summed E-state index contributed by atoms with van der Waals surface area (Å²) in [7, 11) is 0. The van der Waals surface area contributed by atoms with Crippen molar-refractivity contribution in [1.29, 1.82) is 0 Å². The Morgan fingerprint density at radius 1 is 1.50 bits per heavy atom. The monoisotopic (exact) mass is 296 g/mol. The van der Waals surface area contributed by atoms with Crippen molar-refractivity contribution in [2.45, 2.75) is 31.4 Å². The number of nitrogen functional groups attached to an aromatic ring is 1. The molecule has 5 nitrogen and oxygen atoms in total. The quantitative estimate of drug-likeness (QED) is 0.866. The normalized spacial score (nSPS) is 26.4. The van der Waals surface area contributed by atoms with Gasteiger partial charge >= 0.3 is 0 Å². The number of nitrogens with one attached hydrogen (secondary N) is 1. The molecule has 110 valence electrons. The van der Waals surface area contributed by atoms with Crippen molar-refractivity contribution in [3.63, 3.8) is 0 Å². The van der Waals surface area contributed by atoms with Crippen LogP contribution < -0.4 is 11.1 Å². The van der Waals surface area contributed by atoms with Crippen molar-refractivity contribution in [1.82, 2.24) is 5.32 Å². The first-order valence-electron chi connectivity index (χ1n) is 7.07. The molecule has 1 amide bonds. The molecule has 3 N–H and O–H groups in total. The molecule has 0 aromatic carbocycles. The number of carbonyl (C=O) groups is 1. The molecule has 1 aliphatic carbocycles. The predicted molar refractivity (Wildman–Crippen MR) is 77.9 cm³/mol. The zero-order chi connectivity index (χ0) is 13.9. The largest absolute Gasteiger partial charge is 0.397 e. The van der Waals surface area contributed by atoms with Gasteiger partial charge in [0.15, 0.2) is 0 Å². The highest BCUT2D eigenvalue weighted by Crippen LogP contribution is 2.30. The minimum absolute atomic E-state index is 0.0505. The molecule has 1 aromatic rings. The molecular weight excluding hydrogens is 276 g/mol. The van der Waals surface area contributed by atoms with Crippen LogP contribution in [0.4, 0.5) is 5.69 Å². The first-order valence-corrected chi connectivity index (χ1v) is 7.95. The molecule has 2 heterocycles. The van der Waals surface area contributed by atoms with E-state index in [1.807, 2.05) is 5.38 Å². The van der Waals surface area contributed by atoms with Crippen LogP contribution in [-0.4, -0.2) is 37.9 Å². The van der Waals surface area contributed by atoms with E-state index in [2.05, 4.69) is 5.32 Å². The highest BCUT2D eigenvalue weighted by molar-refractivity contribution is 7.12. The molecule has 2 aliphatic rings. The lowest BCUT2D eigenvalue weighted by molar-refractivity contribution is -0.0567. The minimum Gasteiger partial charge on any atom is -0.397 e. The third-order valence-electron chi connectivity index (χ3n) is 3.75. The lowest BCUT2D eigenvalue weighted by atomic mass is 10.1. The van der Waals surface area contributed by atoms with Gasteiger partial charge in [0.1, 0.15) is 4.88 Å². The molecule has 2 fully saturated rings. The van der Waals surface area contributed by atoms with Crippen LogP contribution in [-0.2, 0) is 9.47 Å². The molecule has 2 atom stereocenters. The van der Waals surface area contributed by atoms with Crippen LogP contribution in [0, 0.1) is 5.92 Å². The van der Waals surface area contributed by atoms with Gasteiger partial charge in [-0.05, 0) is 36.6 Å². The zero-order valence-electron chi connectivity index (χ0n) is 11.3. The van der Waals surface area contributed by atoms with Crippen LogP contribution in [0.3, 0.4) is 0 Å².